The molecule has 0 unspecified atom stereocenters. The molecular formula is C17H28NOP. The van der Waals surface area contributed by atoms with E-state index in [2.05, 4.69) is 31.3 Å². The molecule has 0 radical (unpaired) electrons. The molecule has 0 amide bonds. The Morgan fingerprint density at radius 1 is 1.25 bits per heavy atom. The molecule has 1 saturated carbocycles. The van der Waals surface area contributed by atoms with E-state index in [4.69, 9.17) is 0 Å². The molecule has 0 aliphatic heterocycles. The van der Waals surface area contributed by atoms with E-state index in [1.54, 1.807) is 0 Å². The summed E-state index contributed by atoms with van der Waals surface area (Å²) in [6.45, 7) is 9.77. The Morgan fingerprint density at radius 3 is 2.45 bits per heavy atom. The largest absolute Gasteiger partial charge is 0.385 e. The van der Waals surface area contributed by atoms with Crippen molar-refractivity contribution in [3.63, 3.8) is 0 Å². The molecule has 1 N–H and O–H groups in total. The van der Waals surface area contributed by atoms with Crippen molar-refractivity contribution in [2.75, 3.05) is 24.2 Å². The number of rotatable bonds is 6. The lowest BCUT2D eigenvalue weighted by Crippen LogP contribution is -2.35. The van der Waals surface area contributed by atoms with Crippen molar-refractivity contribution in [2.24, 2.45) is 11.3 Å². The van der Waals surface area contributed by atoms with Gasteiger partial charge >= 0.3 is 0 Å². The summed E-state index contributed by atoms with van der Waals surface area (Å²) in [5, 5.41) is 4.55. The van der Waals surface area contributed by atoms with Crippen LogP contribution in [0.4, 0.5) is 5.69 Å². The predicted molar refractivity (Wildman–Crippen MR) is 89.8 cm³/mol. The minimum absolute atomic E-state index is 0.536. The lowest BCUT2D eigenvalue weighted by atomic mass is 9.64. The van der Waals surface area contributed by atoms with Gasteiger partial charge in [-0.2, -0.15) is 0 Å². The zero-order valence-corrected chi connectivity index (χ0v) is 14.2. The van der Waals surface area contributed by atoms with Gasteiger partial charge in [0.2, 0.25) is 0 Å². The number of nitrogens with one attached hydrogen (secondary N) is 1. The molecule has 1 aliphatic rings. The van der Waals surface area contributed by atoms with Crippen LogP contribution in [0.2, 0.25) is 0 Å². The molecule has 1 aliphatic carbocycles. The van der Waals surface area contributed by atoms with Crippen LogP contribution in [0.25, 0.3) is 0 Å². The van der Waals surface area contributed by atoms with E-state index in [1.165, 1.54) is 12.8 Å². The van der Waals surface area contributed by atoms with Crippen molar-refractivity contribution >= 4 is 18.1 Å². The summed E-state index contributed by atoms with van der Waals surface area (Å²) in [4.78, 5) is 0. The van der Waals surface area contributed by atoms with Crippen LogP contribution in [0.15, 0.2) is 24.3 Å². The first-order valence-corrected chi connectivity index (χ1v) is 9.89. The normalized spacial score (nSPS) is 18.6. The highest BCUT2D eigenvalue weighted by Gasteiger charge is 2.35. The van der Waals surface area contributed by atoms with Crippen LogP contribution >= 0.6 is 7.14 Å². The molecule has 0 heterocycles. The van der Waals surface area contributed by atoms with Gasteiger partial charge in [-0.05, 0) is 36.3 Å². The number of hydrogen-bond donors (Lipinski definition) is 1. The van der Waals surface area contributed by atoms with Gasteiger partial charge in [-0.25, -0.2) is 0 Å². The smallest absolute Gasteiger partial charge is 0.115 e. The Kier molecular flexibility index (Phi) is 4.64. The van der Waals surface area contributed by atoms with Crippen LogP contribution in [-0.2, 0) is 4.57 Å². The van der Waals surface area contributed by atoms with Gasteiger partial charge in [-0.3, -0.25) is 0 Å². The van der Waals surface area contributed by atoms with Crippen LogP contribution in [0.3, 0.4) is 0 Å². The lowest BCUT2D eigenvalue weighted by molar-refractivity contribution is 0.106. The summed E-state index contributed by atoms with van der Waals surface area (Å²) < 4.78 is 12.8. The van der Waals surface area contributed by atoms with Crippen LogP contribution in [-0.4, -0.2) is 18.9 Å². The van der Waals surface area contributed by atoms with E-state index in [-0.39, 0.29) is 0 Å². The van der Waals surface area contributed by atoms with E-state index in [1.807, 2.05) is 26.0 Å². The summed E-state index contributed by atoms with van der Waals surface area (Å²) in [5.74, 6) is 0.790. The van der Waals surface area contributed by atoms with E-state index in [0.29, 0.717) is 5.41 Å². The van der Waals surface area contributed by atoms with Crippen molar-refractivity contribution in [1.29, 1.82) is 0 Å². The molecule has 2 nitrogen and oxygen atoms in total. The van der Waals surface area contributed by atoms with Gasteiger partial charge < -0.3 is 9.88 Å². The number of anilines is 1. The molecule has 1 fully saturated rings. The average Bonchev–Trinajstić information content (AvgIpc) is 2.42. The van der Waals surface area contributed by atoms with E-state index < -0.39 is 7.14 Å². The SMILES string of the molecule is CCP(=O)(CC)c1cccc(NCC2CC(C)(C)C2)c1. The summed E-state index contributed by atoms with van der Waals surface area (Å²) in [6, 6.07) is 8.23. The highest BCUT2D eigenvalue weighted by molar-refractivity contribution is 7.71. The Morgan fingerprint density at radius 2 is 1.90 bits per heavy atom. The van der Waals surface area contributed by atoms with E-state index in [0.717, 1.165) is 35.8 Å². The first-order chi connectivity index (χ1) is 9.38. The second kappa shape index (κ2) is 5.93. The molecule has 0 aromatic heterocycles. The van der Waals surface area contributed by atoms with Crippen molar-refractivity contribution in [3.8, 4) is 0 Å². The highest BCUT2D eigenvalue weighted by Crippen LogP contribution is 2.45. The van der Waals surface area contributed by atoms with Crippen molar-refractivity contribution in [1.82, 2.24) is 0 Å². The average molecular weight is 293 g/mol. The molecule has 0 saturated heterocycles. The molecule has 1 aromatic carbocycles. The Hall–Kier alpha value is -0.750. The Labute approximate surface area is 123 Å². The quantitative estimate of drug-likeness (QED) is 0.779. The fourth-order valence-electron chi connectivity index (χ4n) is 3.37. The van der Waals surface area contributed by atoms with Gasteiger partial charge in [0, 0.05) is 29.9 Å². The third-order valence-corrected chi connectivity index (χ3v) is 7.88. The maximum Gasteiger partial charge on any atom is 0.115 e. The maximum absolute atomic E-state index is 12.8. The summed E-state index contributed by atoms with van der Waals surface area (Å²) in [7, 11) is -2.16. The lowest BCUT2D eigenvalue weighted by Gasteiger charge is -2.42. The third kappa shape index (κ3) is 3.47. The second-order valence-electron chi connectivity index (χ2n) is 6.89. The van der Waals surface area contributed by atoms with Gasteiger partial charge in [0.05, 0.1) is 0 Å². The van der Waals surface area contributed by atoms with Gasteiger partial charge in [0.1, 0.15) is 7.14 Å². The summed E-state index contributed by atoms with van der Waals surface area (Å²) in [5.41, 5.74) is 1.66. The molecule has 20 heavy (non-hydrogen) atoms. The predicted octanol–water partition coefficient (Wildman–Crippen LogP) is 4.56. The fraction of sp³-hybridized carbons (Fsp3) is 0.647. The van der Waals surface area contributed by atoms with Crippen molar-refractivity contribution in [2.45, 2.75) is 40.5 Å². The van der Waals surface area contributed by atoms with Crippen molar-refractivity contribution < 1.29 is 4.57 Å². The molecule has 0 atom stereocenters. The van der Waals surface area contributed by atoms with E-state index >= 15 is 0 Å². The first kappa shape index (κ1) is 15.6. The molecule has 112 valence electrons. The van der Waals surface area contributed by atoms with E-state index in [9.17, 15) is 4.57 Å². The molecule has 0 spiro atoms. The maximum atomic E-state index is 12.8. The van der Waals surface area contributed by atoms with Crippen LogP contribution in [0.1, 0.15) is 40.5 Å². The van der Waals surface area contributed by atoms with Crippen molar-refractivity contribution in [3.05, 3.63) is 24.3 Å². The molecule has 1 aromatic rings. The zero-order valence-electron chi connectivity index (χ0n) is 13.3. The van der Waals surface area contributed by atoms with Crippen LogP contribution in [0, 0.1) is 11.3 Å². The van der Waals surface area contributed by atoms with Crippen LogP contribution < -0.4 is 10.6 Å². The highest BCUT2D eigenvalue weighted by atomic mass is 31.2. The third-order valence-electron chi connectivity index (χ3n) is 4.62. The monoisotopic (exact) mass is 293 g/mol. The van der Waals surface area contributed by atoms with Gasteiger partial charge in [-0.15, -0.1) is 0 Å². The first-order valence-electron chi connectivity index (χ1n) is 7.81. The van der Waals surface area contributed by atoms with Gasteiger partial charge in [0.25, 0.3) is 0 Å². The molecule has 3 heteroatoms. The minimum atomic E-state index is -2.16. The molecule has 2 rings (SSSR count). The standard InChI is InChI=1S/C17H28NOP/c1-5-20(19,6-2)16-9-7-8-15(10-16)18-13-14-11-17(3,4)12-14/h7-10,14,18H,5-6,11-13H2,1-4H3. The topological polar surface area (TPSA) is 29.1 Å². The molecular weight excluding hydrogens is 265 g/mol. The van der Waals surface area contributed by atoms with Crippen LogP contribution in [0.5, 0.6) is 0 Å². The Balaban J connectivity index is 1.98. The zero-order chi connectivity index (χ0) is 14.8. The minimum Gasteiger partial charge on any atom is -0.385 e. The number of hydrogen-bond acceptors (Lipinski definition) is 2. The number of benzene rings is 1. The summed E-state index contributed by atoms with van der Waals surface area (Å²) in [6.07, 6.45) is 4.12. The van der Waals surface area contributed by atoms with Gasteiger partial charge in [-0.1, -0.05) is 39.8 Å². The molecule has 0 bridgehead atoms. The van der Waals surface area contributed by atoms with Gasteiger partial charge in [0.15, 0.2) is 0 Å². The summed E-state index contributed by atoms with van der Waals surface area (Å²) >= 11 is 0. The second-order valence-corrected chi connectivity index (χ2v) is 10.5. The fourth-order valence-corrected chi connectivity index (χ4v) is 5.28. The Bertz CT molecular complexity index is 493.